The third-order valence-electron chi connectivity index (χ3n) is 5.89. The number of rotatable bonds is 4. The van der Waals surface area contributed by atoms with Crippen molar-refractivity contribution in [2.24, 2.45) is 11.8 Å². The maximum absolute atomic E-state index is 2.45. The Bertz CT molecular complexity index is 856. The minimum absolute atomic E-state index is 0.490. The molecule has 5 rings (SSSR count). The van der Waals surface area contributed by atoms with E-state index in [-0.39, 0.29) is 0 Å². The molecule has 0 amide bonds. The molecule has 0 saturated heterocycles. The van der Waals surface area contributed by atoms with Crippen molar-refractivity contribution in [1.82, 2.24) is 0 Å². The Balaban J connectivity index is 1.50. The van der Waals surface area contributed by atoms with Gasteiger partial charge in [-0.15, -0.1) is 0 Å². The standard InChI is InChI=1S/C25H23P/c1-3-7-22(8-4-1)26(23-9-5-2-6-10-23)24-15-13-20(14-16-24)25-18-19-11-12-21(25)17-19/h1-16,19,21,25H,17-18H2/t19-,21?,25-/m1/s1. The molecule has 0 N–H and O–H groups in total. The molecular formula is C25H23P. The molecule has 2 aliphatic carbocycles. The van der Waals surface area contributed by atoms with Gasteiger partial charge in [0, 0.05) is 0 Å². The second kappa shape index (κ2) is 6.86. The zero-order valence-electron chi connectivity index (χ0n) is 14.8. The minimum Gasteiger partial charge on any atom is -0.0851 e. The van der Waals surface area contributed by atoms with Crippen molar-refractivity contribution in [3.8, 4) is 0 Å². The van der Waals surface area contributed by atoms with E-state index < -0.39 is 7.92 Å². The monoisotopic (exact) mass is 354 g/mol. The maximum Gasteiger partial charge on any atom is -0.00932 e. The van der Waals surface area contributed by atoms with Crippen LogP contribution in [0, 0.1) is 11.8 Å². The van der Waals surface area contributed by atoms with Crippen molar-refractivity contribution in [2.45, 2.75) is 18.8 Å². The second-order valence-corrected chi connectivity index (χ2v) is 9.70. The highest BCUT2D eigenvalue weighted by Crippen LogP contribution is 2.48. The van der Waals surface area contributed by atoms with Gasteiger partial charge in [-0.3, -0.25) is 0 Å². The Kier molecular flexibility index (Phi) is 4.23. The smallest absolute Gasteiger partial charge is 0.00932 e. The van der Waals surface area contributed by atoms with Crippen molar-refractivity contribution in [3.05, 3.63) is 103 Å². The third kappa shape index (κ3) is 2.93. The molecule has 0 radical (unpaired) electrons. The van der Waals surface area contributed by atoms with E-state index in [4.69, 9.17) is 0 Å². The van der Waals surface area contributed by atoms with Crippen LogP contribution in [0.15, 0.2) is 97.1 Å². The fourth-order valence-electron chi connectivity index (χ4n) is 4.64. The molecule has 1 heteroatoms. The lowest BCUT2D eigenvalue weighted by Gasteiger charge is -2.22. The first kappa shape index (κ1) is 16.0. The largest absolute Gasteiger partial charge is 0.0851 e. The van der Waals surface area contributed by atoms with Gasteiger partial charge >= 0.3 is 0 Å². The van der Waals surface area contributed by atoms with E-state index in [0.29, 0.717) is 0 Å². The molecule has 1 fully saturated rings. The minimum atomic E-state index is -0.490. The van der Waals surface area contributed by atoms with Crippen LogP contribution in [0.4, 0.5) is 0 Å². The van der Waals surface area contributed by atoms with Crippen LogP contribution in [-0.2, 0) is 0 Å². The van der Waals surface area contributed by atoms with Gasteiger partial charge in [0.05, 0.1) is 0 Å². The van der Waals surface area contributed by atoms with Gasteiger partial charge in [-0.25, -0.2) is 0 Å². The summed E-state index contributed by atoms with van der Waals surface area (Å²) in [6.07, 6.45) is 7.59. The molecule has 3 aromatic rings. The van der Waals surface area contributed by atoms with Gasteiger partial charge in [-0.2, -0.15) is 0 Å². The van der Waals surface area contributed by atoms with Crippen LogP contribution in [-0.4, -0.2) is 0 Å². The van der Waals surface area contributed by atoms with E-state index in [1.54, 1.807) is 0 Å². The van der Waals surface area contributed by atoms with E-state index in [1.165, 1.54) is 34.3 Å². The van der Waals surface area contributed by atoms with E-state index >= 15 is 0 Å². The summed E-state index contributed by atoms with van der Waals surface area (Å²) in [5.74, 6) is 2.34. The number of allylic oxidation sites excluding steroid dienone is 2. The number of hydrogen-bond donors (Lipinski definition) is 0. The molecule has 3 aromatic carbocycles. The van der Waals surface area contributed by atoms with E-state index in [2.05, 4.69) is 97.1 Å². The first-order valence-corrected chi connectivity index (χ1v) is 10.9. The summed E-state index contributed by atoms with van der Waals surface area (Å²) in [6, 6.07) is 31.5. The Morgan fingerprint density at radius 1 is 0.577 bits per heavy atom. The predicted octanol–water partition coefficient (Wildman–Crippen LogP) is 5.12. The maximum atomic E-state index is 2.45. The van der Waals surface area contributed by atoms with Gasteiger partial charge in [0.25, 0.3) is 0 Å². The van der Waals surface area contributed by atoms with E-state index in [0.717, 1.165) is 17.8 Å². The first-order chi connectivity index (χ1) is 12.9. The van der Waals surface area contributed by atoms with Crippen molar-refractivity contribution < 1.29 is 0 Å². The highest BCUT2D eigenvalue weighted by Gasteiger charge is 2.36. The zero-order chi connectivity index (χ0) is 17.3. The Morgan fingerprint density at radius 3 is 1.65 bits per heavy atom. The Morgan fingerprint density at radius 2 is 1.15 bits per heavy atom. The molecule has 0 aromatic heterocycles. The van der Waals surface area contributed by atoms with E-state index in [9.17, 15) is 0 Å². The average molecular weight is 354 g/mol. The van der Waals surface area contributed by atoms with Gasteiger partial charge in [-0.05, 0) is 60.0 Å². The van der Waals surface area contributed by atoms with Crippen LogP contribution in [0.25, 0.3) is 0 Å². The first-order valence-electron chi connectivity index (χ1n) is 9.57. The Labute approximate surface area is 157 Å². The molecule has 1 unspecified atom stereocenters. The van der Waals surface area contributed by atoms with Crippen LogP contribution >= 0.6 is 7.92 Å². The molecule has 0 aliphatic heterocycles. The molecule has 26 heavy (non-hydrogen) atoms. The lowest BCUT2D eigenvalue weighted by Crippen LogP contribution is -2.20. The lowest BCUT2D eigenvalue weighted by molar-refractivity contribution is 0.586. The molecule has 2 aliphatic rings. The molecule has 0 spiro atoms. The summed E-state index contributed by atoms with van der Waals surface area (Å²) in [6.45, 7) is 0. The average Bonchev–Trinajstić information content (AvgIpc) is 3.34. The van der Waals surface area contributed by atoms with E-state index in [1.807, 2.05) is 0 Å². The van der Waals surface area contributed by atoms with Crippen molar-refractivity contribution in [1.29, 1.82) is 0 Å². The zero-order valence-corrected chi connectivity index (χ0v) is 15.7. The second-order valence-electron chi connectivity index (χ2n) is 7.48. The van der Waals surface area contributed by atoms with Gasteiger partial charge in [0.15, 0.2) is 0 Å². The predicted molar refractivity (Wildman–Crippen MR) is 113 cm³/mol. The van der Waals surface area contributed by atoms with Crippen LogP contribution in [0.3, 0.4) is 0 Å². The summed E-state index contributed by atoms with van der Waals surface area (Å²) < 4.78 is 0. The summed E-state index contributed by atoms with van der Waals surface area (Å²) in [7, 11) is -0.490. The van der Waals surface area contributed by atoms with Crippen LogP contribution in [0.2, 0.25) is 0 Å². The molecule has 128 valence electrons. The fourth-order valence-corrected chi connectivity index (χ4v) is 6.92. The SMILES string of the molecule is C1=C[C@@H]2CC1[C@@H](c1ccc(P(c3ccccc3)c3ccccc3)cc1)C2. The van der Waals surface area contributed by atoms with Gasteiger partial charge in [0.2, 0.25) is 0 Å². The topological polar surface area (TPSA) is 0 Å². The highest BCUT2D eigenvalue weighted by molar-refractivity contribution is 7.79. The third-order valence-corrected chi connectivity index (χ3v) is 8.33. The molecule has 2 bridgehead atoms. The fraction of sp³-hybridized carbons (Fsp3) is 0.200. The number of hydrogen-bond acceptors (Lipinski definition) is 0. The number of fused-ring (bicyclic) bond motifs is 2. The summed E-state index contributed by atoms with van der Waals surface area (Å²) in [5, 5.41) is 4.29. The molecule has 0 nitrogen and oxygen atoms in total. The van der Waals surface area contributed by atoms with Crippen molar-refractivity contribution in [3.63, 3.8) is 0 Å². The Hall–Kier alpha value is -2.17. The van der Waals surface area contributed by atoms with Gasteiger partial charge in [0.1, 0.15) is 0 Å². The molecule has 3 atom stereocenters. The number of benzene rings is 3. The lowest BCUT2D eigenvalue weighted by atomic mass is 9.87. The van der Waals surface area contributed by atoms with Crippen molar-refractivity contribution >= 4 is 23.8 Å². The van der Waals surface area contributed by atoms with Gasteiger partial charge < -0.3 is 0 Å². The molecule has 0 heterocycles. The van der Waals surface area contributed by atoms with Crippen LogP contribution in [0.5, 0.6) is 0 Å². The van der Waals surface area contributed by atoms with Crippen molar-refractivity contribution in [2.75, 3.05) is 0 Å². The molecular weight excluding hydrogens is 331 g/mol. The van der Waals surface area contributed by atoms with Crippen LogP contribution in [0.1, 0.15) is 24.3 Å². The summed E-state index contributed by atoms with van der Waals surface area (Å²) in [4.78, 5) is 0. The normalized spacial score (nSPS) is 23.7. The summed E-state index contributed by atoms with van der Waals surface area (Å²) in [5.41, 5.74) is 1.53. The summed E-state index contributed by atoms with van der Waals surface area (Å²) >= 11 is 0. The highest BCUT2D eigenvalue weighted by atomic mass is 31.1. The van der Waals surface area contributed by atoms with Crippen LogP contribution < -0.4 is 15.9 Å². The molecule has 1 saturated carbocycles. The quantitative estimate of drug-likeness (QED) is 0.450. The van der Waals surface area contributed by atoms with Gasteiger partial charge in [-0.1, -0.05) is 97.1 Å².